The van der Waals surface area contributed by atoms with Gasteiger partial charge in [0.15, 0.2) is 5.03 Å². The Labute approximate surface area is 273 Å². The van der Waals surface area contributed by atoms with Crippen molar-refractivity contribution in [1.82, 2.24) is 16.1 Å². The lowest BCUT2D eigenvalue weighted by atomic mass is 9.43. The number of hydrazine groups is 1. The molecule has 1 heterocycles. The quantitative estimate of drug-likeness (QED) is 0.0560. The number of guanidine groups is 1. The predicted octanol–water partition coefficient (Wildman–Crippen LogP) is 3.31. The van der Waals surface area contributed by atoms with E-state index in [4.69, 9.17) is 15.0 Å². The third-order valence-electron chi connectivity index (χ3n) is 10.4. The van der Waals surface area contributed by atoms with Gasteiger partial charge in [0.1, 0.15) is 6.04 Å². The Bertz CT molecular complexity index is 1270. The van der Waals surface area contributed by atoms with Crippen LogP contribution in [0.15, 0.2) is 29.3 Å². The minimum absolute atomic E-state index is 0.0215. The molecule has 4 aliphatic rings. The second-order valence-electron chi connectivity index (χ2n) is 14.1. The molecule has 0 radical (unpaired) electrons. The molecule has 4 fully saturated rings. The number of benzene rings is 1. The van der Waals surface area contributed by atoms with Gasteiger partial charge in [-0.2, -0.15) is 0 Å². The molecule has 6 atom stereocenters. The topological polar surface area (TPSA) is 173 Å². The zero-order chi connectivity index (χ0) is 33.8. The lowest BCUT2D eigenvalue weighted by molar-refractivity contribution is -0.525. The van der Waals surface area contributed by atoms with Gasteiger partial charge in [0.2, 0.25) is 5.91 Å². The van der Waals surface area contributed by atoms with E-state index >= 15 is 0 Å². The fraction of sp³-hybridized carbons (Fsp3) is 0.719. The van der Waals surface area contributed by atoms with Gasteiger partial charge in [0, 0.05) is 30.9 Å². The lowest BCUT2D eigenvalue weighted by Gasteiger charge is -2.64. The molecule has 2 amide bonds. The van der Waals surface area contributed by atoms with Gasteiger partial charge in [-0.25, -0.2) is 15.1 Å². The number of anilines is 1. The van der Waals surface area contributed by atoms with E-state index < -0.39 is 29.7 Å². The highest BCUT2D eigenvalue weighted by molar-refractivity contribution is 6.48. The van der Waals surface area contributed by atoms with Gasteiger partial charge < -0.3 is 30.6 Å². The first-order valence-corrected chi connectivity index (χ1v) is 16.7. The van der Waals surface area contributed by atoms with Crippen LogP contribution < -0.4 is 26.7 Å². The van der Waals surface area contributed by atoms with Crippen molar-refractivity contribution in [3.63, 3.8) is 0 Å². The fourth-order valence-corrected chi connectivity index (χ4v) is 7.65. The molecule has 3 saturated carbocycles. The second kappa shape index (κ2) is 14.6. The number of nitro groups is 1. The molecule has 14 heteroatoms. The van der Waals surface area contributed by atoms with Crippen molar-refractivity contribution in [3.8, 4) is 0 Å². The van der Waals surface area contributed by atoms with Crippen LogP contribution in [-0.2, 0) is 14.1 Å². The van der Waals surface area contributed by atoms with Crippen LogP contribution in [-0.4, -0.2) is 73.2 Å². The van der Waals surface area contributed by atoms with Gasteiger partial charge in [-0.3, -0.25) is 9.59 Å². The Kier molecular flexibility index (Phi) is 11.2. The highest BCUT2D eigenvalue weighted by Gasteiger charge is 2.68. The fourth-order valence-electron chi connectivity index (χ4n) is 7.65. The summed E-state index contributed by atoms with van der Waals surface area (Å²) in [6, 6.07) is 6.41. The largest absolute Gasteiger partial charge is 0.481 e. The summed E-state index contributed by atoms with van der Waals surface area (Å²) < 4.78 is 13.3. The van der Waals surface area contributed by atoms with E-state index in [1.807, 2.05) is 17.6 Å². The molecule has 1 aliphatic heterocycles. The first-order chi connectivity index (χ1) is 21.7. The number of carbonyl (C=O) groups excluding carboxylic acids is 2. The number of hydrogen-bond acceptors (Lipinski definition) is 8. The molecular weight excluding hydrogens is 589 g/mol. The minimum atomic E-state index is -0.893. The molecule has 1 saturated heterocycles. The summed E-state index contributed by atoms with van der Waals surface area (Å²) in [4.78, 5) is 44.1. The van der Waals surface area contributed by atoms with Crippen LogP contribution in [0.1, 0.15) is 90.9 Å². The van der Waals surface area contributed by atoms with Crippen molar-refractivity contribution in [3.05, 3.63) is 39.9 Å². The van der Waals surface area contributed by atoms with Gasteiger partial charge in [-0.15, -0.1) is 0 Å². The Morgan fingerprint density at radius 3 is 2.41 bits per heavy atom. The zero-order valence-electron chi connectivity index (χ0n) is 28.4. The standard InChI is InChI=1S/C32H52BN7O6/c1-8-39(9-2)23-14-12-21(13-15-23)28(41)36-24(11-10-16-35-30(34)38-40(43)44)29(42)37-27(17-20(3)4)33-45-26-19-22-18-25(31(22,5)6)32(26,7)46-33/h12-15,20,22,24-27H,8-11,16-19H2,1-7H3,(H,36,41)(H,37,42)(H3,34,35,38)/t22-,24+,25-,26-,27+,32+/m1/s1. The molecule has 46 heavy (non-hydrogen) atoms. The summed E-state index contributed by atoms with van der Waals surface area (Å²) >= 11 is 0. The average Bonchev–Trinajstić information content (AvgIpc) is 3.36. The molecule has 13 nitrogen and oxygen atoms in total. The van der Waals surface area contributed by atoms with E-state index in [0.29, 0.717) is 30.2 Å². The summed E-state index contributed by atoms with van der Waals surface area (Å²) in [6.45, 7) is 16.9. The Morgan fingerprint density at radius 2 is 1.83 bits per heavy atom. The number of nitrogens with one attached hydrogen (secondary N) is 3. The van der Waals surface area contributed by atoms with Crippen LogP contribution in [0, 0.1) is 33.3 Å². The smallest absolute Gasteiger partial charge is 0.404 e. The van der Waals surface area contributed by atoms with Crippen molar-refractivity contribution < 1.29 is 23.9 Å². The van der Waals surface area contributed by atoms with Crippen LogP contribution in [0.2, 0.25) is 0 Å². The Hall–Kier alpha value is -3.39. The predicted molar refractivity (Wildman–Crippen MR) is 179 cm³/mol. The van der Waals surface area contributed by atoms with Gasteiger partial charge in [-0.05, 0) is 100 Å². The van der Waals surface area contributed by atoms with Crippen molar-refractivity contribution >= 4 is 30.6 Å². The summed E-state index contributed by atoms with van der Waals surface area (Å²) in [7, 11) is -0.599. The molecule has 3 aliphatic carbocycles. The Morgan fingerprint density at radius 1 is 1.15 bits per heavy atom. The van der Waals surface area contributed by atoms with E-state index in [-0.39, 0.29) is 48.2 Å². The monoisotopic (exact) mass is 641 g/mol. The molecule has 1 aromatic carbocycles. The van der Waals surface area contributed by atoms with Crippen molar-refractivity contribution in [1.29, 1.82) is 0 Å². The zero-order valence-corrected chi connectivity index (χ0v) is 28.4. The van der Waals surface area contributed by atoms with E-state index in [2.05, 4.69) is 69.0 Å². The number of carbonyl (C=O) groups is 2. The minimum Gasteiger partial charge on any atom is -0.404 e. The average molecular weight is 642 g/mol. The first-order valence-electron chi connectivity index (χ1n) is 16.7. The van der Waals surface area contributed by atoms with Crippen molar-refractivity contribution in [2.45, 2.75) is 104 Å². The van der Waals surface area contributed by atoms with E-state index in [9.17, 15) is 19.7 Å². The molecule has 0 unspecified atom stereocenters. The van der Waals surface area contributed by atoms with Crippen LogP contribution in [0.25, 0.3) is 0 Å². The highest BCUT2D eigenvalue weighted by Crippen LogP contribution is 2.65. The van der Waals surface area contributed by atoms with Crippen LogP contribution in [0.5, 0.6) is 0 Å². The number of amides is 2. The summed E-state index contributed by atoms with van der Waals surface area (Å²) in [5.74, 6) is -0.222. The third kappa shape index (κ3) is 7.76. The number of aliphatic imine (C=N–C) groups is 1. The van der Waals surface area contributed by atoms with Crippen LogP contribution in [0.3, 0.4) is 0 Å². The van der Waals surface area contributed by atoms with Gasteiger partial charge in [-0.1, -0.05) is 33.1 Å². The number of rotatable bonds is 15. The van der Waals surface area contributed by atoms with Gasteiger partial charge in [0.05, 0.1) is 17.6 Å². The first kappa shape index (κ1) is 35.5. The molecule has 0 aromatic heterocycles. The van der Waals surface area contributed by atoms with E-state index in [1.54, 1.807) is 12.1 Å². The summed E-state index contributed by atoms with van der Waals surface area (Å²) in [6.07, 6.45) is 3.28. The van der Waals surface area contributed by atoms with Crippen molar-refractivity contribution in [2.24, 2.45) is 33.9 Å². The molecule has 1 aromatic rings. The van der Waals surface area contributed by atoms with E-state index in [0.717, 1.165) is 31.6 Å². The maximum Gasteiger partial charge on any atom is 0.481 e. The lowest BCUT2D eigenvalue weighted by Crippen LogP contribution is -2.65. The number of hydrogen-bond donors (Lipinski definition) is 4. The van der Waals surface area contributed by atoms with Gasteiger partial charge in [0.25, 0.3) is 11.9 Å². The van der Waals surface area contributed by atoms with Gasteiger partial charge >= 0.3 is 7.12 Å². The molecule has 0 spiro atoms. The summed E-state index contributed by atoms with van der Waals surface area (Å²) in [5, 5.41) is 15.9. The second-order valence-corrected chi connectivity index (χ2v) is 14.1. The number of nitrogens with two attached hydrogens (primary N) is 1. The molecule has 254 valence electrons. The maximum absolute atomic E-state index is 13.9. The molecular formula is C32H52BN7O6. The maximum atomic E-state index is 13.9. The van der Waals surface area contributed by atoms with Crippen molar-refractivity contribution in [2.75, 3.05) is 24.5 Å². The SMILES string of the molecule is CCN(CC)c1ccc(C(=O)N[C@@H](CCCN=C(N)N[N+](=O)[O-])C(=O)N[C@@H](CC(C)C)B2O[C@@H]3C[C@H]4C[C@H](C4(C)C)[C@]3(C)O2)cc1. The molecule has 5 N–H and O–H groups in total. The molecule has 2 bridgehead atoms. The number of nitrogens with zero attached hydrogens (tertiary/aromatic N) is 3. The highest BCUT2D eigenvalue weighted by atomic mass is 16.7. The Balaban J connectivity index is 1.48. The molecule has 5 rings (SSSR count). The van der Waals surface area contributed by atoms with E-state index in [1.165, 1.54) is 0 Å². The normalized spacial score (nSPS) is 26.0. The summed E-state index contributed by atoms with van der Waals surface area (Å²) in [5.41, 5.74) is 8.59. The van der Waals surface area contributed by atoms with Crippen LogP contribution >= 0.6 is 0 Å². The third-order valence-corrected chi connectivity index (χ3v) is 10.4. The van der Waals surface area contributed by atoms with Crippen LogP contribution in [0.4, 0.5) is 5.69 Å².